The van der Waals surface area contributed by atoms with Gasteiger partial charge < -0.3 is 0 Å². The Labute approximate surface area is 89.4 Å². The minimum atomic E-state index is -5.30. The van der Waals surface area contributed by atoms with E-state index in [0.29, 0.717) is 0 Å². The van der Waals surface area contributed by atoms with Crippen molar-refractivity contribution in [2.24, 2.45) is 0 Å². The quantitative estimate of drug-likeness (QED) is 0.444. The van der Waals surface area contributed by atoms with Crippen molar-refractivity contribution in [2.45, 2.75) is 11.8 Å². The van der Waals surface area contributed by atoms with E-state index in [2.05, 4.69) is 6.58 Å². The Morgan fingerprint density at radius 1 is 1.12 bits per heavy atom. The van der Waals surface area contributed by atoms with Gasteiger partial charge in [-0.15, -0.1) is 0 Å². The molecule has 0 aromatic heterocycles. The summed E-state index contributed by atoms with van der Waals surface area (Å²) in [5.74, 6) is -1.66. The monoisotopic (exact) mass is 232 g/mol. The third-order valence-corrected chi connectivity index (χ3v) is 2.06. The van der Waals surface area contributed by atoms with Gasteiger partial charge in [-0.05, 0) is 6.08 Å². The number of ketones is 1. The topological polar surface area (TPSA) is 17.1 Å². The smallest absolute Gasteiger partial charge is 0.290 e. The molecule has 0 aliphatic heterocycles. The van der Waals surface area contributed by atoms with Crippen molar-refractivity contribution < 1.29 is 22.4 Å². The lowest BCUT2D eigenvalue weighted by molar-refractivity contribution is -0.193. The third-order valence-electron chi connectivity index (χ3n) is 2.06. The van der Waals surface area contributed by atoms with Crippen LogP contribution in [0.25, 0.3) is 0 Å². The minimum Gasteiger partial charge on any atom is -0.290 e. The molecule has 1 atom stereocenters. The maximum atomic E-state index is 13.5. The molecular weight excluding hydrogens is 224 g/mol. The maximum Gasteiger partial charge on any atom is 0.433 e. The fourth-order valence-corrected chi connectivity index (χ4v) is 1.14. The number of carbonyl (C=O) groups excluding carboxylic acids is 1. The van der Waals surface area contributed by atoms with E-state index in [1.165, 1.54) is 18.2 Å². The zero-order valence-electron chi connectivity index (χ0n) is 8.09. The summed E-state index contributed by atoms with van der Waals surface area (Å²) in [6.45, 7) is 2.73. The lowest BCUT2D eigenvalue weighted by atomic mass is 9.94. The average Bonchev–Trinajstić information content (AvgIpc) is 2.26. The number of allylic oxidation sites excluding steroid dienone is 1. The van der Waals surface area contributed by atoms with Crippen molar-refractivity contribution in [1.29, 1.82) is 0 Å². The van der Waals surface area contributed by atoms with Crippen LogP contribution in [-0.2, 0) is 0 Å². The Balaban J connectivity index is 3.18. The molecule has 1 aromatic carbocycles. The number of hydrogen-bond acceptors (Lipinski definition) is 1. The van der Waals surface area contributed by atoms with Gasteiger partial charge in [0.25, 0.3) is 5.67 Å². The van der Waals surface area contributed by atoms with Crippen LogP contribution in [0.5, 0.6) is 0 Å². The number of carbonyl (C=O) groups is 1. The summed E-state index contributed by atoms with van der Waals surface area (Å²) in [6, 6.07) is 6.45. The van der Waals surface area contributed by atoms with E-state index in [1.54, 1.807) is 0 Å². The van der Waals surface area contributed by atoms with Crippen LogP contribution in [0, 0.1) is 0 Å². The molecule has 16 heavy (non-hydrogen) atoms. The van der Waals surface area contributed by atoms with Crippen molar-refractivity contribution in [3.05, 3.63) is 48.6 Å². The second kappa shape index (κ2) is 4.08. The van der Waals surface area contributed by atoms with Crippen molar-refractivity contribution in [1.82, 2.24) is 0 Å². The molecule has 0 heterocycles. The molecule has 0 aliphatic rings. The Kier molecular flexibility index (Phi) is 3.16. The highest BCUT2D eigenvalue weighted by Crippen LogP contribution is 2.37. The SMILES string of the molecule is C=C[C@@](F)(C(=O)c1ccccc1)C(F)(F)F. The molecule has 86 valence electrons. The van der Waals surface area contributed by atoms with Gasteiger partial charge in [0.1, 0.15) is 0 Å². The molecule has 1 aromatic rings. The largest absolute Gasteiger partial charge is 0.433 e. The molecule has 0 saturated carbocycles. The van der Waals surface area contributed by atoms with Gasteiger partial charge in [-0.25, -0.2) is 4.39 Å². The molecule has 0 N–H and O–H groups in total. The number of Topliss-reactive ketones (excluding diaryl/α,β-unsaturated/α-hetero) is 1. The Morgan fingerprint density at radius 2 is 1.62 bits per heavy atom. The van der Waals surface area contributed by atoms with E-state index < -0.39 is 17.6 Å². The summed E-state index contributed by atoms with van der Waals surface area (Å²) >= 11 is 0. The maximum absolute atomic E-state index is 13.5. The van der Waals surface area contributed by atoms with Crippen LogP contribution in [0.4, 0.5) is 17.6 Å². The first-order chi connectivity index (χ1) is 7.33. The summed E-state index contributed by atoms with van der Waals surface area (Å²) in [5, 5.41) is 0. The standard InChI is InChI=1S/C11H8F4O/c1-2-10(12,11(13,14)15)9(16)8-6-4-3-5-7-8/h2-7H,1H2/t10-/m1/s1. The molecule has 0 aliphatic carbocycles. The van der Waals surface area contributed by atoms with Crippen LogP contribution in [0.2, 0.25) is 0 Å². The summed E-state index contributed by atoms with van der Waals surface area (Å²) in [6.07, 6.45) is -5.33. The first-order valence-corrected chi connectivity index (χ1v) is 4.32. The van der Waals surface area contributed by atoms with Gasteiger partial charge in [0.15, 0.2) is 0 Å². The second-order valence-corrected chi connectivity index (χ2v) is 3.11. The van der Waals surface area contributed by atoms with E-state index in [0.717, 1.165) is 12.1 Å². The van der Waals surface area contributed by atoms with Gasteiger partial charge >= 0.3 is 6.18 Å². The van der Waals surface area contributed by atoms with E-state index in [1.807, 2.05) is 0 Å². The molecule has 0 fully saturated rings. The normalized spacial score (nSPS) is 15.2. The van der Waals surface area contributed by atoms with E-state index >= 15 is 0 Å². The zero-order valence-corrected chi connectivity index (χ0v) is 8.09. The van der Waals surface area contributed by atoms with Crippen LogP contribution in [-0.4, -0.2) is 17.6 Å². The molecule has 0 unspecified atom stereocenters. The first kappa shape index (κ1) is 12.4. The number of hydrogen-bond donors (Lipinski definition) is 0. The van der Waals surface area contributed by atoms with Gasteiger partial charge in [0.2, 0.25) is 5.78 Å². The summed E-state index contributed by atoms with van der Waals surface area (Å²) in [4.78, 5) is 11.4. The van der Waals surface area contributed by atoms with Crippen molar-refractivity contribution in [3.63, 3.8) is 0 Å². The number of alkyl halides is 4. The molecule has 0 amide bonds. The van der Waals surface area contributed by atoms with Crippen LogP contribution < -0.4 is 0 Å². The Bertz CT molecular complexity index is 396. The molecule has 5 heteroatoms. The van der Waals surface area contributed by atoms with Crippen molar-refractivity contribution in [3.8, 4) is 0 Å². The number of rotatable bonds is 3. The molecule has 0 radical (unpaired) electrons. The van der Waals surface area contributed by atoms with E-state index in [-0.39, 0.29) is 11.6 Å². The zero-order chi connectivity index (χ0) is 12.4. The fraction of sp³-hybridized carbons (Fsp3) is 0.182. The van der Waals surface area contributed by atoms with Gasteiger partial charge in [0.05, 0.1) is 0 Å². The second-order valence-electron chi connectivity index (χ2n) is 3.11. The lowest BCUT2D eigenvalue weighted by Gasteiger charge is -2.22. The highest BCUT2D eigenvalue weighted by Gasteiger charge is 2.59. The minimum absolute atomic E-state index is 0.0255. The Hall–Kier alpha value is -1.65. The van der Waals surface area contributed by atoms with Gasteiger partial charge in [-0.1, -0.05) is 36.9 Å². The average molecular weight is 232 g/mol. The fourth-order valence-electron chi connectivity index (χ4n) is 1.14. The van der Waals surface area contributed by atoms with Crippen molar-refractivity contribution >= 4 is 5.78 Å². The Morgan fingerprint density at radius 3 is 2.00 bits per heavy atom. The molecule has 1 rings (SSSR count). The predicted octanol–water partition coefficient (Wildman–Crippen LogP) is 3.33. The van der Waals surface area contributed by atoms with Crippen LogP contribution in [0.15, 0.2) is 43.0 Å². The number of benzene rings is 1. The molecule has 0 spiro atoms. The highest BCUT2D eigenvalue weighted by molar-refractivity contribution is 6.04. The summed E-state index contributed by atoms with van der Waals surface area (Å²) in [5.41, 5.74) is -4.38. The van der Waals surface area contributed by atoms with Crippen LogP contribution >= 0.6 is 0 Å². The highest BCUT2D eigenvalue weighted by atomic mass is 19.4. The van der Waals surface area contributed by atoms with Crippen LogP contribution in [0.3, 0.4) is 0 Å². The molecule has 1 nitrogen and oxygen atoms in total. The first-order valence-electron chi connectivity index (χ1n) is 4.32. The van der Waals surface area contributed by atoms with Gasteiger partial charge in [-0.2, -0.15) is 13.2 Å². The molecular formula is C11H8F4O. The van der Waals surface area contributed by atoms with Gasteiger partial charge in [0, 0.05) is 5.56 Å². The van der Waals surface area contributed by atoms with Gasteiger partial charge in [-0.3, -0.25) is 4.79 Å². The molecule has 0 saturated heterocycles. The van der Waals surface area contributed by atoms with Crippen molar-refractivity contribution in [2.75, 3.05) is 0 Å². The lowest BCUT2D eigenvalue weighted by Crippen LogP contribution is -2.46. The number of halogens is 4. The van der Waals surface area contributed by atoms with E-state index in [9.17, 15) is 22.4 Å². The van der Waals surface area contributed by atoms with Crippen LogP contribution in [0.1, 0.15) is 10.4 Å². The predicted molar refractivity (Wildman–Crippen MR) is 50.9 cm³/mol. The summed E-state index contributed by atoms with van der Waals surface area (Å²) in [7, 11) is 0. The molecule has 0 bridgehead atoms. The summed E-state index contributed by atoms with van der Waals surface area (Å²) < 4.78 is 50.6. The van der Waals surface area contributed by atoms with E-state index in [4.69, 9.17) is 0 Å². The third kappa shape index (κ3) is 1.98.